The summed E-state index contributed by atoms with van der Waals surface area (Å²) in [5.74, 6) is 3.51. The number of nitrogens with zero attached hydrogens (tertiary/aromatic N) is 4. The smallest absolute Gasteiger partial charge is 0.247 e. The number of amides is 1. The molecule has 0 bridgehead atoms. The Morgan fingerprint density at radius 1 is 1.07 bits per heavy atom. The molecule has 138 valence electrons. The molecule has 0 aliphatic rings. The fraction of sp³-hybridized carbons (Fsp3) is 0.211. The van der Waals surface area contributed by atoms with Crippen molar-refractivity contribution in [2.45, 2.75) is 26.9 Å². The Hall–Kier alpha value is -3.55. The molecule has 0 atom stereocenters. The number of carbonyl (C=O) groups excluding carboxylic acids is 1. The third-order valence-electron chi connectivity index (χ3n) is 4.02. The van der Waals surface area contributed by atoms with Crippen LogP contribution >= 0.6 is 0 Å². The van der Waals surface area contributed by atoms with Gasteiger partial charge in [0.2, 0.25) is 5.91 Å². The Morgan fingerprint density at radius 2 is 1.89 bits per heavy atom. The number of aromatic nitrogens is 4. The molecule has 1 amide bonds. The van der Waals surface area contributed by atoms with E-state index in [9.17, 15) is 4.79 Å². The molecule has 4 aromatic rings. The van der Waals surface area contributed by atoms with E-state index < -0.39 is 0 Å². The van der Waals surface area contributed by atoms with Crippen LogP contribution in [0.15, 0.2) is 57.6 Å². The van der Waals surface area contributed by atoms with Crippen LogP contribution in [-0.4, -0.2) is 25.5 Å². The van der Waals surface area contributed by atoms with Crippen LogP contribution in [0, 0.1) is 13.8 Å². The first-order chi connectivity index (χ1) is 13.1. The standard InChI is InChI=1S/C19H19N5O3/c1-13-3-5-15(26-13)11-24-18(7-9-20-24)21-19(25)12-23-10-8-16(22-23)17-6-4-14(2)27-17/h3-10H,11-12H2,1-2H3,(H,21,25). The normalized spacial score (nSPS) is 11.0. The fourth-order valence-corrected chi connectivity index (χ4v) is 2.77. The lowest BCUT2D eigenvalue weighted by Crippen LogP contribution is -2.21. The number of rotatable bonds is 6. The highest BCUT2D eigenvalue weighted by Crippen LogP contribution is 2.19. The van der Waals surface area contributed by atoms with Crippen LogP contribution in [-0.2, 0) is 17.9 Å². The minimum atomic E-state index is -0.197. The van der Waals surface area contributed by atoms with E-state index in [1.165, 1.54) is 0 Å². The summed E-state index contributed by atoms with van der Waals surface area (Å²) in [5, 5.41) is 11.5. The zero-order chi connectivity index (χ0) is 18.8. The van der Waals surface area contributed by atoms with Crippen LogP contribution in [0.25, 0.3) is 11.5 Å². The largest absolute Gasteiger partial charge is 0.464 e. The molecule has 4 aromatic heterocycles. The Kier molecular flexibility index (Phi) is 4.37. The first-order valence-corrected chi connectivity index (χ1v) is 8.54. The first-order valence-electron chi connectivity index (χ1n) is 8.54. The molecule has 8 heteroatoms. The second-order valence-electron chi connectivity index (χ2n) is 6.24. The van der Waals surface area contributed by atoms with E-state index in [2.05, 4.69) is 15.5 Å². The maximum Gasteiger partial charge on any atom is 0.247 e. The second-order valence-corrected chi connectivity index (χ2v) is 6.24. The Labute approximate surface area is 155 Å². The van der Waals surface area contributed by atoms with Crippen molar-refractivity contribution in [1.29, 1.82) is 0 Å². The summed E-state index contributed by atoms with van der Waals surface area (Å²) < 4.78 is 14.4. The number of hydrogen-bond acceptors (Lipinski definition) is 5. The molecular weight excluding hydrogens is 346 g/mol. The average molecular weight is 365 g/mol. The molecule has 4 rings (SSSR count). The molecule has 0 saturated carbocycles. The number of anilines is 1. The molecule has 27 heavy (non-hydrogen) atoms. The van der Waals surface area contributed by atoms with Crippen molar-refractivity contribution in [3.63, 3.8) is 0 Å². The van der Waals surface area contributed by atoms with E-state index in [4.69, 9.17) is 8.83 Å². The SMILES string of the molecule is Cc1ccc(Cn2nccc2NC(=O)Cn2ccc(-c3ccc(C)o3)n2)o1. The molecule has 0 radical (unpaired) electrons. The van der Waals surface area contributed by atoms with Gasteiger partial charge in [0.25, 0.3) is 0 Å². The predicted molar refractivity (Wildman–Crippen MR) is 98.1 cm³/mol. The predicted octanol–water partition coefficient (Wildman–Crippen LogP) is 3.24. The highest BCUT2D eigenvalue weighted by Gasteiger charge is 2.12. The summed E-state index contributed by atoms with van der Waals surface area (Å²) in [6.07, 6.45) is 3.38. The fourth-order valence-electron chi connectivity index (χ4n) is 2.77. The van der Waals surface area contributed by atoms with Crippen molar-refractivity contribution in [3.05, 3.63) is 66.1 Å². The highest BCUT2D eigenvalue weighted by molar-refractivity contribution is 5.89. The maximum absolute atomic E-state index is 12.4. The number of aryl methyl sites for hydroxylation is 2. The van der Waals surface area contributed by atoms with E-state index in [0.29, 0.717) is 23.8 Å². The summed E-state index contributed by atoms with van der Waals surface area (Å²) in [4.78, 5) is 12.4. The summed E-state index contributed by atoms with van der Waals surface area (Å²) >= 11 is 0. The second kappa shape index (κ2) is 6.99. The molecule has 4 heterocycles. The zero-order valence-electron chi connectivity index (χ0n) is 15.0. The van der Waals surface area contributed by atoms with E-state index in [0.717, 1.165) is 17.3 Å². The maximum atomic E-state index is 12.4. The van der Waals surface area contributed by atoms with Gasteiger partial charge < -0.3 is 14.2 Å². The minimum absolute atomic E-state index is 0.0880. The molecule has 0 aliphatic heterocycles. The Balaban J connectivity index is 1.40. The molecule has 0 fully saturated rings. The van der Waals surface area contributed by atoms with Crippen LogP contribution in [0.4, 0.5) is 5.82 Å². The van der Waals surface area contributed by atoms with Gasteiger partial charge in [-0.2, -0.15) is 10.2 Å². The van der Waals surface area contributed by atoms with Gasteiger partial charge in [0.15, 0.2) is 5.76 Å². The number of carbonyl (C=O) groups is 1. The topological polar surface area (TPSA) is 91.0 Å². The third kappa shape index (κ3) is 3.84. The molecular formula is C19H19N5O3. The number of nitrogens with one attached hydrogen (secondary N) is 1. The van der Waals surface area contributed by atoms with Gasteiger partial charge in [-0.1, -0.05) is 0 Å². The minimum Gasteiger partial charge on any atom is -0.464 e. The lowest BCUT2D eigenvalue weighted by Gasteiger charge is -2.08. The van der Waals surface area contributed by atoms with Gasteiger partial charge in [-0.3, -0.25) is 9.48 Å². The van der Waals surface area contributed by atoms with Crippen molar-refractivity contribution in [3.8, 4) is 11.5 Å². The van der Waals surface area contributed by atoms with Crippen molar-refractivity contribution in [2.75, 3.05) is 5.32 Å². The Morgan fingerprint density at radius 3 is 2.63 bits per heavy atom. The van der Waals surface area contributed by atoms with Crippen LogP contribution in [0.2, 0.25) is 0 Å². The Bertz CT molecular complexity index is 1070. The van der Waals surface area contributed by atoms with Crippen molar-refractivity contribution < 1.29 is 13.6 Å². The van der Waals surface area contributed by atoms with Crippen molar-refractivity contribution >= 4 is 11.7 Å². The van der Waals surface area contributed by atoms with Gasteiger partial charge in [0.05, 0.1) is 6.20 Å². The summed E-state index contributed by atoms with van der Waals surface area (Å²) in [5.41, 5.74) is 0.689. The first kappa shape index (κ1) is 16.9. The van der Waals surface area contributed by atoms with E-state index >= 15 is 0 Å². The third-order valence-corrected chi connectivity index (χ3v) is 4.02. The van der Waals surface area contributed by atoms with Gasteiger partial charge in [0.1, 0.15) is 41.9 Å². The zero-order valence-corrected chi connectivity index (χ0v) is 15.0. The lowest BCUT2D eigenvalue weighted by molar-refractivity contribution is -0.116. The van der Waals surface area contributed by atoms with Crippen LogP contribution in [0.1, 0.15) is 17.3 Å². The van der Waals surface area contributed by atoms with Gasteiger partial charge in [0, 0.05) is 12.3 Å². The van der Waals surface area contributed by atoms with Crippen molar-refractivity contribution in [2.24, 2.45) is 0 Å². The summed E-state index contributed by atoms with van der Waals surface area (Å²) in [6.45, 7) is 4.30. The monoisotopic (exact) mass is 365 g/mol. The van der Waals surface area contributed by atoms with Gasteiger partial charge in [-0.05, 0) is 44.2 Å². The van der Waals surface area contributed by atoms with E-state index in [1.54, 1.807) is 27.8 Å². The average Bonchev–Trinajstić information content (AvgIpc) is 3.39. The van der Waals surface area contributed by atoms with Crippen LogP contribution in [0.3, 0.4) is 0 Å². The quantitative estimate of drug-likeness (QED) is 0.566. The summed E-state index contributed by atoms with van der Waals surface area (Å²) in [6, 6.07) is 11.1. The molecule has 8 nitrogen and oxygen atoms in total. The summed E-state index contributed by atoms with van der Waals surface area (Å²) in [7, 11) is 0. The molecule has 1 N–H and O–H groups in total. The van der Waals surface area contributed by atoms with E-state index in [-0.39, 0.29) is 12.5 Å². The lowest BCUT2D eigenvalue weighted by atomic mass is 10.3. The number of hydrogen-bond donors (Lipinski definition) is 1. The van der Waals surface area contributed by atoms with Crippen LogP contribution in [0.5, 0.6) is 0 Å². The van der Waals surface area contributed by atoms with E-state index in [1.807, 2.05) is 44.2 Å². The van der Waals surface area contributed by atoms with Crippen LogP contribution < -0.4 is 5.32 Å². The number of furan rings is 2. The molecule has 0 aliphatic carbocycles. The highest BCUT2D eigenvalue weighted by atomic mass is 16.3. The van der Waals surface area contributed by atoms with Gasteiger partial charge in [-0.15, -0.1) is 0 Å². The molecule has 0 unspecified atom stereocenters. The van der Waals surface area contributed by atoms with Crippen molar-refractivity contribution in [1.82, 2.24) is 19.6 Å². The molecule has 0 spiro atoms. The van der Waals surface area contributed by atoms with Gasteiger partial charge >= 0.3 is 0 Å². The van der Waals surface area contributed by atoms with Gasteiger partial charge in [-0.25, -0.2) is 4.68 Å². The molecule has 0 aromatic carbocycles. The molecule has 0 saturated heterocycles.